The molecule has 0 saturated carbocycles. The molecule has 144 valence electrons. The van der Waals surface area contributed by atoms with Crippen LogP contribution in [0.1, 0.15) is 37.8 Å². The Hall–Kier alpha value is -0.870. The summed E-state index contributed by atoms with van der Waals surface area (Å²) in [4.78, 5) is 4.58. The average Bonchev–Trinajstić information content (AvgIpc) is 2.56. The van der Waals surface area contributed by atoms with Crippen molar-refractivity contribution in [3.05, 3.63) is 35.4 Å². The second-order valence-corrected chi connectivity index (χ2v) is 7.85. The van der Waals surface area contributed by atoms with Gasteiger partial charge in [-0.05, 0) is 26.3 Å². The van der Waals surface area contributed by atoms with Crippen LogP contribution in [-0.4, -0.2) is 46.3 Å². The van der Waals surface area contributed by atoms with Gasteiger partial charge < -0.3 is 10.6 Å². The Morgan fingerprint density at radius 3 is 2.32 bits per heavy atom. The molecule has 0 aromatic heterocycles. The monoisotopic (exact) mass is 482 g/mol. The van der Waals surface area contributed by atoms with Crippen molar-refractivity contribution in [2.75, 3.05) is 31.9 Å². The summed E-state index contributed by atoms with van der Waals surface area (Å²) >= 11 is 0. The summed E-state index contributed by atoms with van der Waals surface area (Å²) in [6, 6.07) is 8.49. The van der Waals surface area contributed by atoms with Crippen molar-refractivity contribution < 1.29 is 8.42 Å². The minimum atomic E-state index is -3.15. The van der Waals surface area contributed by atoms with Gasteiger partial charge in [0.1, 0.15) is 0 Å². The molecule has 0 aliphatic carbocycles. The van der Waals surface area contributed by atoms with Crippen molar-refractivity contribution >= 4 is 40.0 Å². The first-order chi connectivity index (χ1) is 11.4. The van der Waals surface area contributed by atoms with Gasteiger partial charge in [0.25, 0.3) is 0 Å². The lowest BCUT2D eigenvalue weighted by atomic mass is 10.0. The number of hydrogen-bond donors (Lipinski definition) is 3. The zero-order valence-electron chi connectivity index (χ0n) is 15.5. The highest BCUT2D eigenvalue weighted by Crippen LogP contribution is 2.15. The van der Waals surface area contributed by atoms with Crippen molar-refractivity contribution in [3.63, 3.8) is 0 Å². The van der Waals surface area contributed by atoms with Gasteiger partial charge in [-0.25, -0.2) is 13.1 Å². The van der Waals surface area contributed by atoms with E-state index in [1.807, 2.05) is 6.92 Å². The highest BCUT2D eigenvalue weighted by molar-refractivity contribution is 14.0. The van der Waals surface area contributed by atoms with Gasteiger partial charge in [0.05, 0.1) is 5.75 Å². The minimum Gasteiger partial charge on any atom is -0.357 e. The number of aliphatic imine (C=N–C) groups is 1. The van der Waals surface area contributed by atoms with E-state index in [1.165, 1.54) is 11.1 Å². The summed E-state index contributed by atoms with van der Waals surface area (Å²) in [5.74, 6) is 1.11. The second kappa shape index (κ2) is 12.5. The molecule has 3 N–H and O–H groups in total. The maximum atomic E-state index is 11.4. The van der Waals surface area contributed by atoms with E-state index in [4.69, 9.17) is 0 Å². The van der Waals surface area contributed by atoms with Crippen molar-refractivity contribution in [1.29, 1.82) is 0 Å². The number of nitrogens with one attached hydrogen (secondary N) is 3. The van der Waals surface area contributed by atoms with Crippen LogP contribution >= 0.6 is 24.0 Å². The van der Waals surface area contributed by atoms with Crippen LogP contribution in [0.5, 0.6) is 0 Å². The number of hydrogen-bond acceptors (Lipinski definition) is 3. The fourth-order valence-electron chi connectivity index (χ4n) is 2.06. The fourth-order valence-corrected chi connectivity index (χ4v) is 2.68. The number of benzene rings is 1. The van der Waals surface area contributed by atoms with Crippen LogP contribution in [0.4, 0.5) is 0 Å². The summed E-state index contributed by atoms with van der Waals surface area (Å²) in [6.45, 7) is 10.1. The lowest BCUT2D eigenvalue weighted by molar-refractivity contribution is 0.581. The topological polar surface area (TPSA) is 82.6 Å². The van der Waals surface area contributed by atoms with Crippen molar-refractivity contribution in [3.8, 4) is 0 Å². The van der Waals surface area contributed by atoms with Gasteiger partial charge in [-0.2, -0.15) is 0 Å². The molecule has 0 aliphatic rings. The zero-order chi connectivity index (χ0) is 18.0. The SMILES string of the molecule is CCNC(=NCC(C)c1ccc(C)cc1)NCCNS(=O)(=O)CC.I. The summed E-state index contributed by atoms with van der Waals surface area (Å²) in [7, 11) is -3.15. The van der Waals surface area contributed by atoms with E-state index in [-0.39, 0.29) is 29.7 Å². The van der Waals surface area contributed by atoms with E-state index >= 15 is 0 Å². The van der Waals surface area contributed by atoms with E-state index in [2.05, 4.69) is 58.5 Å². The third-order valence-corrected chi connectivity index (χ3v) is 5.04. The van der Waals surface area contributed by atoms with Crippen molar-refractivity contribution in [1.82, 2.24) is 15.4 Å². The van der Waals surface area contributed by atoms with Gasteiger partial charge in [-0.1, -0.05) is 36.8 Å². The molecular weight excluding hydrogens is 451 g/mol. The third-order valence-electron chi connectivity index (χ3n) is 3.63. The standard InChI is InChI=1S/C17H30N4O2S.HI/c1-5-18-17(19-11-12-21-24(22,23)6-2)20-13-15(4)16-9-7-14(3)8-10-16;/h7-10,15,21H,5-6,11-13H2,1-4H3,(H2,18,19,20);1H. The van der Waals surface area contributed by atoms with E-state index in [0.717, 1.165) is 6.54 Å². The molecule has 0 radical (unpaired) electrons. The molecule has 0 heterocycles. The molecule has 1 unspecified atom stereocenters. The molecule has 0 amide bonds. The molecule has 1 aromatic carbocycles. The Kier molecular flexibility index (Phi) is 12.0. The highest BCUT2D eigenvalue weighted by Gasteiger charge is 2.07. The predicted octanol–water partition coefficient (Wildman–Crippen LogP) is 2.21. The first-order valence-electron chi connectivity index (χ1n) is 8.44. The number of aryl methyl sites for hydroxylation is 1. The summed E-state index contributed by atoms with van der Waals surface area (Å²) in [6.07, 6.45) is 0. The van der Waals surface area contributed by atoms with Gasteiger partial charge in [0.15, 0.2) is 5.96 Å². The van der Waals surface area contributed by atoms with Gasteiger partial charge in [0.2, 0.25) is 10.0 Å². The van der Waals surface area contributed by atoms with Crippen LogP contribution in [0.25, 0.3) is 0 Å². The largest absolute Gasteiger partial charge is 0.357 e. The first kappa shape index (κ1) is 24.1. The van der Waals surface area contributed by atoms with Gasteiger partial charge >= 0.3 is 0 Å². The van der Waals surface area contributed by atoms with Crippen LogP contribution in [0.15, 0.2) is 29.3 Å². The molecule has 0 saturated heterocycles. The Morgan fingerprint density at radius 2 is 1.76 bits per heavy atom. The van der Waals surface area contributed by atoms with Crippen LogP contribution in [0, 0.1) is 6.92 Å². The summed E-state index contributed by atoms with van der Waals surface area (Å²) < 4.78 is 25.3. The molecular formula is C17H31IN4O2S. The molecule has 0 spiro atoms. The lowest BCUT2D eigenvalue weighted by Gasteiger charge is -2.14. The first-order valence-corrected chi connectivity index (χ1v) is 10.1. The highest BCUT2D eigenvalue weighted by atomic mass is 127. The number of sulfonamides is 1. The maximum absolute atomic E-state index is 11.4. The summed E-state index contributed by atoms with van der Waals surface area (Å²) in [5.41, 5.74) is 2.51. The van der Waals surface area contributed by atoms with Crippen molar-refractivity contribution in [2.45, 2.75) is 33.6 Å². The summed E-state index contributed by atoms with van der Waals surface area (Å²) in [5, 5.41) is 6.32. The van der Waals surface area contributed by atoms with E-state index in [9.17, 15) is 8.42 Å². The second-order valence-electron chi connectivity index (χ2n) is 5.76. The zero-order valence-corrected chi connectivity index (χ0v) is 18.6. The van der Waals surface area contributed by atoms with E-state index in [1.54, 1.807) is 6.92 Å². The van der Waals surface area contributed by atoms with E-state index < -0.39 is 10.0 Å². The van der Waals surface area contributed by atoms with Crippen LogP contribution < -0.4 is 15.4 Å². The Balaban J connectivity index is 0.00000576. The van der Waals surface area contributed by atoms with Crippen LogP contribution in [0.2, 0.25) is 0 Å². The number of halogens is 1. The molecule has 8 heteroatoms. The van der Waals surface area contributed by atoms with Crippen molar-refractivity contribution in [2.24, 2.45) is 4.99 Å². The lowest BCUT2D eigenvalue weighted by Crippen LogP contribution is -2.41. The van der Waals surface area contributed by atoms with Gasteiger partial charge in [-0.15, -0.1) is 24.0 Å². The molecule has 0 aliphatic heterocycles. The van der Waals surface area contributed by atoms with Crippen LogP contribution in [0.3, 0.4) is 0 Å². The predicted molar refractivity (Wildman–Crippen MR) is 116 cm³/mol. The Labute approximate surface area is 169 Å². The molecule has 0 fully saturated rings. The molecule has 25 heavy (non-hydrogen) atoms. The Bertz CT molecular complexity index is 618. The molecule has 1 rings (SSSR count). The van der Waals surface area contributed by atoms with Crippen LogP contribution in [-0.2, 0) is 10.0 Å². The number of rotatable bonds is 9. The number of nitrogens with zero attached hydrogens (tertiary/aromatic N) is 1. The third kappa shape index (κ3) is 10.0. The number of guanidine groups is 1. The normalized spacial score (nSPS) is 13.0. The van der Waals surface area contributed by atoms with Gasteiger partial charge in [0, 0.05) is 32.1 Å². The molecule has 6 nitrogen and oxygen atoms in total. The molecule has 1 atom stereocenters. The maximum Gasteiger partial charge on any atom is 0.211 e. The Morgan fingerprint density at radius 1 is 1.12 bits per heavy atom. The average molecular weight is 482 g/mol. The van der Waals surface area contributed by atoms with Gasteiger partial charge in [-0.3, -0.25) is 4.99 Å². The fraction of sp³-hybridized carbons (Fsp3) is 0.588. The van der Waals surface area contributed by atoms with E-state index in [0.29, 0.717) is 31.5 Å². The quantitative estimate of drug-likeness (QED) is 0.218. The molecule has 1 aromatic rings. The molecule has 0 bridgehead atoms. The minimum absolute atomic E-state index is 0. The smallest absolute Gasteiger partial charge is 0.211 e.